The van der Waals surface area contributed by atoms with Gasteiger partial charge in [0.1, 0.15) is 0 Å². The Labute approximate surface area is 166 Å². The number of hydrogen-bond donors (Lipinski definition) is 0. The minimum Gasteiger partial charge on any atom is -0.459 e. The first-order chi connectivity index (χ1) is 13.2. The van der Waals surface area contributed by atoms with Crippen LogP contribution >= 0.6 is 23.1 Å². The number of ether oxygens (including phenoxy) is 1. The van der Waals surface area contributed by atoms with Gasteiger partial charge in [0.25, 0.3) is 5.91 Å². The lowest BCUT2D eigenvalue weighted by atomic mass is 10.3. The fraction of sp³-hybridized carbons (Fsp3) is 0.368. The quantitative estimate of drug-likeness (QED) is 0.586. The van der Waals surface area contributed by atoms with E-state index in [1.807, 2.05) is 6.07 Å². The van der Waals surface area contributed by atoms with Gasteiger partial charge in [-0.05, 0) is 36.6 Å². The molecular weight excluding hydrogens is 382 g/mol. The zero-order valence-electron chi connectivity index (χ0n) is 15.1. The lowest BCUT2D eigenvalue weighted by molar-refractivity contribution is 0.0390. The van der Waals surface area contributed by atoms with Gasteiger partial charge < -0.3 is 9.15 Å². The van der Waals surface area contributed by atoms with Gasteiger partial charge in [-0.15, -0.1) is 11.8 Å². The molecule has 0 aliphatic carbocycles. The lowest BCUT2D eigenvalue weighted by Crippen LogP contribution is -2.43. The molecule has 4 rings (SSSR count). The van der Waals surface area contributed by atoms with Crippen LogP contribution in [0.25, 0.3) is 10.2 Å². The smallest absolute Gasteiger partial charge is 0.295 e. The molecule has 0 bridgehead atoms. The van der Waals surface area contributed by atoms with E-state index in [0.717, 1.165) is 43.1 Å². The van der Waals surface area contributed by atoms with E-state index in [1.165, 1.54) is 11.2 Å². The number of benzene rings is 1. The van der Waals surface area contributed by atoms with Gasteiger partial charge in [0.15, 0.2) is 10.9 Å². The summed E-state index contributed by atoms with van der Waals surface area (Å²) in [6.07, 6.45) is 3.58. The van der Waals surface area contributed by atoms with E-state index in [-0.39, 0.29) is 5.91 Å². The van der Waals surface area contributed by atoms with Crippen molar-refractivity contribution in [3.05, 3.63) is 42.4 Å². The summed E-state index contributed by atoms with van der Waals surface area (Å²) in [4.78, 5) is 23.0. The van der Waals surface area contributed by atoms with E-state index in [2.05, 4.69) is 23.3 Å². The lowest BCUT2D eigenvalue weighted by Gasteiger charge is -2.28. The fourth-order valence-corrected chi connectivity index (χ4v) is 4.56. The molecule has 0 spiro atoms. The van der Waals surface area contributed by atoms with Crippen molar-refractivity contribution < 1.29 is 13.9 Å². The maximum atomic E-state index is 13.0. The summed E-state index contributed by atoms with van der Waals surface area (Å²) in [6.45, 7) is 4.60. The van der Waals surface area contributed by atoms with Crippen molar-refractivity contribution in [2.45, 2.75) is 4.90 Å². The highest BCUT2D eigenvalue weighted by Crippen LogP contribution is 2.32. The molecule has 1 aromatic carbocycles. The third-order valence-corrected chi connectivity index (χ3v) is 6.30. The third-order valence-electron chi connectivity index (χ3n) is 4.54. The molecule has 0 radical (unpaired) electrons. The van der Waals surface area contributed by atoms with Gasteiger partial charge in [-0.3, -0.25) is 14.6 Å². The number of fused-ring (bicyclic) bond motifs is 1. The summed E-state index contributed by atoms with van der Waals surface area (Å²) in [5.41, 5.74) is 0.913. The minimum absolute atomic E-state index is 0.155. The number of carbonyl (C=O) groups is 1. The number of carbonyl (C=O) groups excluding carboxylic acids is 1. The number of furan rings is 1. The first kappa shape index (κ1) is 18.5. The summed E-state index contributed by atoms with van der Waals surface area (Å²) < 4.78 is 11.8. The Morgan fingerprint density at radius 1 is 1.33 bits per heavy atom. The third kappa shape index (κ3) is 4.19. The minimum atomic E-state index is -0.155. The molecule has 2 aromatic heterocycles. The molecular formula is C19H21N3O3S2. The Hall–Kier alpha value is -1.87. The number of morpholine rings is 1. The molecule has 8 heteroatoms. The van der Waals surface area contributed by atoms with Gasteiger partial charge in [-0.2, -0.15) is 0 Å². The average molecular weight is 404 g/mol. The predicted molar refractivity (Wildman–Crippen MR) is 109 cm³/mol. The largest absolute Gasteiger partial charge is 0.459 e. The van der Waals surface area contributed by atoms with Gasteiger partial charge >= 0.3 is 0 Å². The van der Waals surface area contributed by atoms with Crippen LogP contribution in [0.3, 0.4) is 0 Å². The van der Waals surface area contributed by atoms with Crippen LogP contribution in [0.1, 0.15) is 10.6 Å². The molecule has 3 heterocycles. The first-order valence-corrected chi connectivity index (χ1v) is 10.9. The van der Waals surface area contributed by atoms with Gasteiger partial charge in [0.05, 0.1) is 29.7 Å². The van der Waals surface area contributed by atoms with Crippen LogP contribution in [0.2, 0.25) is 0 Å². The number of hydrogen-bond acceptors (Lipinski definition) is 7. The molecule has 0 saturated carbocycles. The molecule has 6 nitrogen and oxygen atoms in total. The van der Waals surface area contributed by atoms with Crippen molar-refractivity contribution in [2.75, 3.05) is 50.5 Å². The highest BCUT2D eigenvalue weighted by Gasteiger charge is 2.24. The highest BCUT2D eigenvalue weighted by molar-refractivity contribution is 7.98. The molecule has 1 aliphatic rings. The van der Waals surface area contributed by atoms with Gasteiger partial charge in [0.2, 0.25) is 0 Å². The zero-order chi connectivity index (χ0) is 18.6. The Kier molecular flexibility index (Phi) is 5.77. The number of thiazole rings is 1. The fourth-order valence-electron chi connectivity index (χ4n) is 3.02. The second kappa shape index (κ2) is 8.43. The van der Waals surface area contributed by atoms with Crippen molar-refractivity contribution in [1.82, 2.24) is 9.88 Å². The second-order valence-corrected chi connectivity index (χ2v) is 8.11. The average Bonchev–Trinajstić information content (AvgIpc) is 3.38. The van der Waals surface area contributed by atoms with Crippen LogP contribution in [0.15, 0.2) is 45.9 Å². The second-order valence-electron chi connectivity index (χ2n) is 6.22. The zero-order valence-corrected chi connectivity index (χ0v) is 16.7. The van der Waals surface area contributed by atoms with Crippen molar-refractivity contribution >= 4 is 44.4 Å². The van der Waals surface area contributed by atoms with Gasteiger partial charge in [-0.1, -0.05) is 11.3 Å². The van der Waals surface area contributed by atoms with Crippen LogP contribution in [0, 0.1) is 0 Å². The topological polar surface area (TPSA) is 58.8 Å². The van der Waals surface area contributed by atoms with E-state index >= 15 is 0 Å². The van der Waals surface area contributed by atoms with Crippen molar-refractivity contribution in [3.8, 4) is 0 Å². The normalized spacial score (nSPS) is 15.3. The molecule has 1 fully saturated rings. The van der Waals surface area contributed by atoms with Crippen LogP contribution in [0.4, 0.5) is 5.13 Å². The molecule has 1 saturated heterocycles. The Bertz CT molecular complexity index is 904. The van der Waals surface area contributed by atoms with Crippen LogP contribution < -0.4 is 4.90 Å². The molecule has 3 aromatic rings. The van der Waals surface area contributed by atoms with Gasteiger partial charge in [0, 0.05) is 31.1 Å². The Balaban J connectivity index is 1.61. The maximum Gasteiger partial charge on any atom is 0.295 e. The highest BCUT2D eigenvalue weighted by atomic mass is 32.2. The molecule has 0 N–H and O–H groups in total. The van der Waals surface area contributed by atoms with Crippen LogP contribution in [-0.2, 0) is 4.74 Å². The monoisotopic (exact) mass is 403 g/mol. The van der Waals surface area contributed by atoms with E-state index in [1.54, 1.807) is 40.1 Å². The standard InChI is InChI=1S/C19H21N3O3S2/c1-26-14-4-5-15-17(13-14)27-19(20-15)22(18(23)16-3-2-10-25-16)7-6-21-8-11-24-12-9-21/h2-5,10,13H,6-9,11-12H2,1H3. The molecule has 1 aliphatic heterocycles. The molecule has 142 valence electrons. The maximum absolute atomic E-state index is 13.0. The van der Waals surface area contributed by atoms with Crippen LogP contribution in [0.5, 0.6) is 0 Å². The summed E-state index contributed by atoms with van der Waals surface area (Å²) in [5, 5.41) is 0.706. The van der Waals surface area contributed by atoms with E-state index in [4.69, 9.17) is 14.1 Å². The molecule has 27 heavy (non-hydrogen) atoms. The number of anilines is 1. The summed E-state index contributed by atoms with van der Waals surface area (Å²) >= 11 is 3.24. The van der Waals surface area contributed by atoms with E-state index < -0.39 is 0 Å². The van der Waals surface area contributed by atoms with E-state index in [0.29, 0.717) is 17.4 Å². The molecule has 0 atom stereocenters. The number of aromatic nitrogens is 1. The van der Waals surface area contributed by atoms with Crippen molar-refractivity contribution in [1.29, 1.82) is 0 Å². The predicted octanol–water partition coefficient (Wildman–Crippen LogP) is 3.59. The molecule has 1 amide bonds. The van der Waals surface area contributed by atoms with Crippen LogP contribution in [-0.4, -0.2) is 61.4 Å². The molecule has 0 unspecified atom stereocenters. The summed E-state index contributed by atoms with van der Waals surface area (Å²) in [7, 11) is 0. The SMILES string of the molecule is CSc1ccc2nc(N(CCN3CCOCC3)C(=O)c3ccco3)sc2c1. The summed E-state index contributed by atoms with van der Waals surface area (Å²) in [5.74, 6) is 0.179. The Morgan fingerprint density at radius 2 is 2.19 bits per heavy atom. The van der Waals surface area contributed by atoms with Crippen molar-refractivity contribution in [3.63, 3.8) is 0 Å². The van der Waals surface area contributed by atoms with E-state index in [9.17, 15) is 4.79 Å². The first-order valence-electron chi connectivity index (χ1n) is 8.84. The van der Waals surface area contributed by atoms with Gasteiger partial charge in [-0.25, -0.2) is 4.98 Å². The number of thioether (sulfide) groups is 1. The number of amides is 1. The Morgan fingerprint density at radius 3 is 2.93 bits per heavy atom. The summed E-state index contributed by atoms with van der Waals surface area (Å²) in [6, 6.07) is 9.63. The van der Waals surface area contributed by atoms with Crippen molar-refractivity contribution in [2.24, 2.45) is 0 Å². The number of rotatable bonds is 6. The number of nitrogens with zero attached hydrogens (tertiary/aromatic N) is 3.